The Morgan fingerprint density at radius 1 is 1.17 bits per heavy atom. The van der Waals surface area contributed by atoms with Crippen molar-refractivity contribution in [2.45, 2.75) is 6.04 Å². The molecule has 1 N–H and O–H groups in total. The topological polar surface area (TPSA) is 49.4 Å². The molecule has 1 saturated heterocycles. The van der Waals surface area contributed by atoms with Crippen LogP contribution in [0.4, 0.5) is 4.39 Å². The van der Waals surface area contributed by atoms with Gasteiger partial charge in [0, 0.05) is 13.1 Å². The van der Waals surface area contributed by atoms with E-state index in [-0.39, 0.29) is 23.0 Å². The summed E-state index contributed by atoms with van der Waals surface area (Å²) in [7, 11) is 0. The molecule has 2 aromatic carbocycles. The van der Waals surface area contributed by atoms with E-state index in [1.165, 1.54) is 23.1 Å². The number of hydrogen-bond donors (Lipinski definition) is 1. The van der Waals surface area contributed by atoms with Crippen LogP contribution in [0.1, 0.15) is 22.0 Å². The number of carbonyl (C=O) groups is 2. The lowest BCUT2D eigenvalue weighted by atomic mass is 10.0. The lowest BCUT2D eigenvalue weighted by molar-refractivity contribution is -0.128. The number of nitrogens with zero attached hydrogens (tertiary/aromatic N) is 1. The number of piperazine rings is 1. The van der Waals surface area contributed by atoms with E-state index in [0.29, 0.717) is 12.1 Å². The van der Waals surface area contributed by atoms with Crippen molar-refractivity contribution < 1.29 is 14.0 Å². The predicted octanol–water partition coefficient (Wildman–Crippen LogP) is 2.79. The van der Waals surface area contributed by atoms with Gasteiger partial charge in [0.2, 0.25) is 5.91 Å². The highest BCUT2D eigenvalue weighted by Gasteiger charge is 2.36. The molecule has 0 radical (unpaired) electrons. The Bertz CT molecular complexity index is 731. The van der Waals surface area contributed by atoms with E-state index in [9.17, 15) is 14.0 Å². The average molecular weight is 333 g/mol. The lowest BCUT2D eigenvalue weighted by Gasteiger charge is -2.35. The molecule has 1 fully saturated rings. The van der Waals surface area contributed by atoms with E-state index in [1.807, 2.05) is 6.07 Å². The first-order valence-electron chi connectivity index (χ1n) is 7.17. The summed E-state index contributed by atoms with van der Waals surface area (Å²) in [5.41, 5.74) is 0.468. The molecule has 0 saturated carbocycles. The molecule has 0 aromatic heterocycles. The molecule has 3 rings (SSSR count). The van der Waals surface area contributed by atoms with Crippen molar-refractivity contribution in [2.24, 2.45) is 0 Å². The van der Waals surface area contributed by atoms with Gasteiger partial charge >= 0.3 is 0 Å². The monoisotopic (exact) mass is 332 g/mol. The molecule has 1 atom stereocenters. The van der Waals surface area contributed by atoms with Gasteiger partial charge in [0.1, 0.15) is 11.9 Å². The number of hydrogen-bond acceptors (Lipinski definition) is 2. The van der Waals surface area contributed by atoms with Crippen LogP contribution >= 0.6 is 11.6 Å². The number of benzene rings is 2. The van der Waals surface area contributed by atoms with Crippen LogP contribution in [0, 0.1) is 5.82 Å². The molecular weight excluding hydrogens is 319 g/mol. The van der Waals surface area contributed by atoms with Crippen LogP contribution in [0.5, 0.6) is 0 Å². The minimum atomic E-state index is -0.798. The van der Waals surface area contributed by atoms with Gasteiger partial charge in [-0.05, 0) is 17.7 Å². The number of halogens is 2. The minimum Gasteiger partial charge on any atom is -0.352 e. The standard InChI is InChI=1S/C17H14ClFN2O2/c18-12-7-4-8-13(19)14(12)17(23)21-10-9-20-16(22)15(21)11-5-2-1-3-6-11/h1-8,15H,9-10H2,(H,20,22). The van der Waals surface area contributed by atoms with E-state index >= 15 is 0 Å². The van der Waals surface area contributed by atoms with Crippen LogP contribution in [0.25, 0.3) is 0 Å². The summed E-state index contributed by atoms with van der Waals surface area (Å²) >= 11 is 5.99. The van der Waals surface area contributed by atoms with Crippen LogP contribution in [0.2, 0.25) is 5.02 Å². The van der Waals surface area contributed by atoms with Gasteiger partial charge in [-0.25, -0.2) is 4.39 Å². The molecule has 4 nitrogen and oxygen atoms in total. The fraction of sp³-hybridized carbons (Fsp3) is 0.176. The molecule has 2 amide bonds. The van der Waals surface area contributed by atoms with Crippen molar-refractivity contribution in [1.82, 2.24) is 10.2 Å². The Labute approximate surface area is 137 Å². The number of carbonyl (C=O) groups excluding carboxylic acids is 2. The zero-order valence-electron chi connectivity index (χ0n) is 12.1. The SMILES string of the molecule is O=C1NCCN(C(=O)c2c(F)cccc2Cl)C1c1ccccc1. The van der Waals surface area contributed by atoms with Gasteiger partial charge in [-0.2, -0.15) is 0 Å². The molecule has 0 spiro atoms. The third kappa shape index (κ3) is 2.92. The summed E-state index contributed by atoms with van der Waals surface area (Å²) in [5, 5.41) is 2.77. The van der Waals surface area contributed by atoms with Crippen molar-refractivity contribution in [3.05, 3.63) is 70.5 Å². The van der Waals surface area contributed by atoms with Crippen molar-refractivity contribution in [3.8, 4) is 0 Å². The molecule has 1 unspecified atom stereocenters. The minimum absolute atomic E-state index is 0.0350. The van der Waals surface area contributed by atoms with Crippen LogP contribution < -0.4 is 5.32 Å². The summed E-state index contributed by atoms with van der Waals surface area (Å²) in [6.07, 6.45) is 0. The van der Waals surface area contributed by atoms with Crippen molar-refractivity contribution >= 4 is 23.4 Å². The van der Waals surface area contributed by atoms with Crippen molar-refractivity contribution in [2.75, 3.05) is 13.1 Å². The molecule has 0 bridgehead atoms. The molecule has 1 aliphatic rings. The molecule has 118 valence electrons. The second-order valence-corrected chi connectivity index (χ2v) is 5.61. The summed E-state index contributed by atoms with van der Waals surface area (Å²) in [6, 6.07) is 12.2. The van der Waals surface area contributed by atoms with E-state index in [1.54, 1.807) is 24.3 Å². The van der Waals surface area contributed by atoms with Crippen LogP contribution in [0.3, 0.4) is 0 Å². The van der Waals surface area contributed by atoms with Gasteiger partial charge in [0.15, 0.2) is 0 Å². The summed E-state index contributed by atoms with van der Waals surface area (Å²) in [4.78, 5) is 26.4. The average Bonchev–Trinajstić information content (AvgIpc) is 2.55. The predicted molar refractivity (Wildman–Crippen MR) is 84.6 cm³/mol. The summed E-state index contributed by atoms with van der Waals surface area (Å²) < 4.78 is 14.1. The first-order chi connectivity index (χ1) is 11.1. The second kappa shape index (κ2) is 6.38. The Balaban J connectivity index is 2.02. The smallest absolute Gasteiger partial charge is 0.259 e. The Kier molecular flexibility index (Phi) is 4.30. The maximum Gasteiger partial charge on any atom is 0.259 e. The molecule has 1 heterocycles. The first kappa shape index (κ1) is 15.5. The van der Waals surface area contributed by atoms with Gasteiger partial charge in [-0.1, -0.05) is 48.0 Å². The molecule has 23 heavy (non-hydrogen) atoms. The third-order valence-corrected chi connectivity index (χ3v) is 4.08. The van der Waals surface area contributed by atoms with Crippen molar-refractivity contribution in [3.63, 3.8) is 0 Å². The molecular formula is C17H14ClFN2O2. The fourth-order valence-corrected chi connectivity index (χ4v) is 2.94. The highest BCUT2D eigenvalue weighted by molar-refractivity contribution is 6.33. The molecule has 0 aliphatic carbocycles. The summed E-state index contributed by atoms with van der Waals surface area (Å²) in [5.74, 6) is -1.57. The highest BCUT2D eigenvalue weighted by atomic mass is 35.5. The van der Waals surface area contributed by atoms with E-state index in [2.05, 4.69) is 5.32 Å². The van der Waals surface area contributed by atoms with Crippen molar-refractivity contribution in [1.29, 1.82) is 0 Å². The Morgan fingerprint density at radius 3 is 2.61 bits per heavy atom. The zero-order valence-corrected chi connectivity index (χ0v) is 12.9. The Morgan fingerprint density at radius 2 is 1.91 bits per heavy atom. The normalized spacial score (nSPS) is 17.7. The van der Waals surface area contributed by atoms with Crippen LogP contribution in [-0.4, -0.2) is 29.8 Å². The van der Waals surface area contributed by atoms with E-state index < -0.39 is 17.8 Å². The number of amides is 2. The number of nitrogens with one attached hydrogen (secondary N) is 1. The number of rotatable bonds is 2. The zero-order chi connectivity index (χ0) is 16.4. The lowest BCUT2D eigenvalue weighted by Crippen LogP contribution is -2.52. The Hall–Kier alpha value is -2.40. The molecule has 6 heteroatoms. The highest BCUT2D eigenvalue weighted by Crippen LogP contribution is 2.28. The van der Waals surface area contributed by atoms with Gasteiger partial charge in [0.25, 0.3) is 5.91 Å². The molecule has 1 aliphatic heterocycles. The largest absolute Gasteiger partial charge is 0.352 e. The van der Waals surface area contributed by atoms with E-state index in [0.717, 1.165) is 0 Å². The van der Waals surface area contributed by atoms with Crippen LogP contribution in [-0.2, 0) is 4.79 Å². The van der Waals surface area contributed by atoms with Crippen LogP contribution in [0.15, 0.2) is 48.5 Å². The first-order valence-corrected chi connectivity index (χ1v) is 7.55. The maximum atomic E-state index is 14.1. The van der Waals surface area contributed by atoms with Gasteiger partial charge < -0.3 is 10.2 Å². The fourth-order valence-electron chi connectivity index (χ4n) is 2.70. The second-order valence-electron chi connectivity index (χ2n) is 5.20. The van der Waals surface area contributed by atoms with Gasteiger partial charge in [-0.15, -0.1) is 0 Å². The van der Waals surface area contributed by atoms with Gasteiger partial charge in [-0.3, -0.25) is 9.59 Å². The third-order valence-electron chi connectivity index (χ3n) is 3.76. The quantitative estimate of drug-likeness (QED) is 0.919. The summed E-state index contributed by atoms with van der Waals surface area (Å²) in [6.45, 7) is 0.606. The van der Waals surface area contributed by atoms with Gasteiger partial charge in [0.05, 0.1) is 10.6 Å². The molecule has 2 aromatic rings. The van der Waals surface area contributed by atoms with E-state index in [4.69, 9.17) is 11.6 Å². The maximum absolute atomic E-state index is 14.1.